The van der Waals surface area contributed by atoms with Crippen LogP contribution >= 0.6 is 23.4 Å². The molecule has 0 saturated carbocycles. The van der Waals surface area contributed by atoms with E-state index in [4.69, 9.17) is 22.7 Å². The number of nitrogens with two attached hydrogens (primary N) is 1. The highest BCUT2D eigenvalue weighted by molar-refractivity contribution is 7.99. The molecule has 0 aliphatic carbocycles. The average Bonchev–Trinajstić information content (AvgIpc) is 2.32. The maximum Gasteiger partial charge on any atom is 0.123 e. The van der Waals surface area contributed by atoms with Crippen molar-refractivity contribution in [1.29, 1.82) is 5.41 Å². The van der Waals surface area contributed by atoms with Crippen LogP contribution in [0.2, 0.25) is 5.02 Å². The van der Waals surface area contributed by atoms with E-state index in [-0.39, 0.29) is 5.84 Å². The summed E-state index contributed by atoms with van der Waals surface area (Å²) in [6.45, 7) is 1.95. The quantitative estimate of drug-likeness (QED) is 0.655. The molecule has 2 aromatic carbocycles. The minimum Gasteiger partial charge on any atom is -0.384 e. The fraction of sp³-hybridized carbons (Fsp3) is 0.0714. The molecule has 0 amide bonds. The highest BCUT2D eigenvalue weighted by Crippen LogP contribution is 2.33. The molecular formula is C14H13ClN2S. The topological polar surface area (TPSA) is 49.9 Å². The van der Waals surface area contributed by atoms with Crippen LogP contribution in [0, 0.1) is 12.3 Å². The van der Waals surface area contributed by atoms with Crippen molar-refractivity contribution in [2.24, 2.45) is 5.73 Å². The molecule has 2 nitrogen and oxygen atoms in total. The van der Waals surface area contributed by atoms with E-state index in [0.717, 1.165) is 25.9 Å². The van der Waals surface area contributed by atoms with Crippen LogP contribution in [0.25, 0.3) is 0 Å². The Morgan fingerprint density at radius 1 is 1.22 bits per heavy atom. The lowest BCUT2D eigenvalue weighted by atomic mass is 10.1. The fourth-order valence-corrected chi connectivity index (χ4v) is 2.85. The largest absolute Gasteiger partial charge is 0.384 e. The fourth-order valence-electron chi connectivity index (χ4n) is 1.66. The number of aryl methyl sites for hydroxylation is 1. The number of amidine groups is 1. The van der Waals surface area contributed by atoms with Crippen LogP contribution in [0.15, 0.2) is 52.3 Å². The number of benzene rings is 2. The standard InChI is InChI=1S/C14H13ClN2S/c1-9-8-10(6-7-11(9)14(16)17)18-13-5-3-2-4-12(13)15/h2-8H,1H3,(H3,16,17). The van der Waals surface area contributed by atoms with Gasteiger partial charge in [-0.1, -0.05) is 35.5 Å². The van der Waals surface area contributed by atoms with Gasteiger partial charge in [0.15, 0.2) is 0 Å². The maximum absolute atomic E-state index is 7.45. The highest BCUT2D eigenvalue weighted by atomic mass is 35.5. The minimum absolute atomic E-state index is 0.0989. The monoisotopic (exact) mass is 276 g/mol. The summed E-state index contributed by atoms with van der Waals surface area (Å²) >= 11 is 7.73. The molecule has 0 unspecified atom stereocenters. The second-order valence-electron chi connectivity index (χ2n) is 3.92. The Labute approximate surface area is 116 Å². The molecule has 2 rings (SSSR count). The van der Waals surface area contributed by atoms with Gasteiger partial charge in [0.25, 0.3) is 0 Å². The van der Waals surface area contributed by atoms with Crippen LogP contribution in [-0.2, 0) is 0 Å². The predicted octanol–water partition coefficient (Wildman–Crippen LogP) is 4.08. The number of halogens is 1. The van der Waals surface area contributed by atoms with Gasteiger partial charge >= 0.3 is 0 Å². The second-order valence-corrected chi connectivity index (χ2v) is 5.45. The van der Waals surface area contributed by atoms with Crippen LogP contribution in [0.5, 0.6) is 0 Å². The first-order valence-electron chi connectivity index (χ1n) is 5.45. The number of nitrogen functional groups attached to an aromatic ring is 1. The Kier molecular flexibility index (Phi) is 3.94. The second kappa shape index (κ2) is 5.46. The molecule has 0 heterocycles. The Morgan fingerprint density at radius 2 is 1.94 bits per heavy atom. The number of hydrogen-bond acceptors (Lipinski definition) is 2. The van der Waals surface area contributed by atoms with Crippen LogP contribution < -0.4 is 5.73 Å². The molecule has 0 aromatic heterocycles. The van der Waals surface area contributed by atoms with E-state index in [9.17, 15) is 0 Å². The molecule has 2 aromatic rings. The Bertz CT molecular complexity index is 596. The number of rotatable bonds is 3. The number of nitrogens with one attached hydrogen (secondary N) is 1. The van der Waals surface area contributed by atoms with Gasteiger partial charge in [-0.15, -0.1) is 0 Å². The van der Waals surface area contributed by atoms with Gasteiger partial charge in [0.2, 0.25) is 0 Å². The highest BCUT2D eigenvalue weighted by Gasteiger charge is 2.05. The van der Waals surface area contributed by atoms with Crippen molar-refractivity contribution in [3.8, 4) is 0 Å². The summed E-state index contributed by atoms with van der Waals surface area (Å²) in [5.41, 5.74) is 7.27. The van der Waals surface area contributed by atoms with Crippen LogP contribution in [0.3, 0.4) is 0 Å². The zero-order chi connectivity index (χ0) is 13.1. The lowest BCUT2D eigenvalue weighted by Gasteiger charge is -2.08. The molecular weight excluding hydrogens is 264 g/mol. The minimum atomic E-state index is 0.0989. The SMILES string of the molecule is Cc1cc(Sc2ccccc2Cl)ccc1C(=N)N. The average molecular weight is 277 g/mol. The van der Waals surface area contributed by atoms with Crippen molar-refractivity contribution >= 4 is 29.2 Å². The summed E-state index contributed by atoms with van der Waals surface area (Å²) in [6, 6.07) is 13.6. The van der Waals surface area contributed by atoms with Gasteiger partial charge in [0, 0.05) is 15.4 Å². The predicted molar refractivity (Wildman–Crippen MR) is 77.8 cm³/mol. The summed E-state index contributed by atoms with van der Waals surface area (Å²) in [6.07, 6.45) is 0. The normalized spacial score (nSPS) is 10.3. The van der Waals surface area contributed by atoms with Crippen molar-refractivity contribution in [1.82, 2.24) is 0 Å². The smallest absolute Gasteiger partial charge is 0.123 e. The van der Waals surface area contributed by atoms with Crippen molar-refractivity contribution in [2.75, 3.05) is 0 Å². The van der Waals surface area contributed by atoms with Gasteiger partial charge in [-0.25, -0.2) is 0 Å². The van der Waals surface area contributed by atoms with E-state index in [1.807, 2.05) is 49.4 Å². The molecule has 3 N–H and O–H groups in total. The van der Waals surface area contributed by atoms with Gasteiger partial charge in [0.05, 0.1) is 5.02 Å². The number of hydrogen-bond donors (Lipinski definition) is 2. The van der Waals surface area contributed by atoms with Crippen LogP contribution in [-0.4, -0.2) is 5.84 Å². The van der Waals surface area contributed by atoms with Gasteiger partial charge < -0.3 is 5.73 Å². The van der Waals surface area contributed by atoms with E-state index in [2.05, 4.69) is 0 Å². The van der Waals surface area contributed by atoms with E-state index in [1.165, 1.54) is 0 Å². The summed E-state index contributed by atoms with van der Waals surface area (Å²) in [4.78, 5) is 2.11. The molecule has 0 aliphatic rings. The molecule has 0 radical (unpaired) electrons. The maximum atomic E-state index is 7.45. The van der Waals surface area contributed by atoms with Crippen molar-refractivity contribution < 1.29 is 0 Å². The molecule has 0 atom stereocenters. The third kappa shape index (κ3) is 2.86. The van der Waals surface area contributed by atoms with Crippen molar-refractivity contribution in [3.63, 3.8) is 0 Å². The third-order valence-electron chi connectivity index (χ3n) is 2.55. The molecule has 0 fully saturated rings. The zero-order valence-electron chi connectivity index (χ0n) is 9.91. The Hall–Kier alpha value is -1.45. The molecule has 18 heavy (non-hydrogen) atoms. The lowest BCUT2D eigenvalue weighted by Crippen LogP contribution is -2.12. The first kappa shape index (κ1) is 13.0. The van der Waals surface area contributed by atoms with Crippen molar-refractivity contribution in [3.05, 3.63) is 58.6 Å². The van der Waals surface area contributed by atoms with Gasteiger partial charge in [0.1, 0.15) is 5.84 Å². The molecule has 0 bridgehead atoms. The lowest BCUT2D eigenvalue weighted by molar-refractivity contribution is 1.30. The summed E-state index contributed by atoms with van der Waals surface area (Å²) in [5.74, 6) is 0.0989. The molecule has 4 heteroatoms. The summed E-state index contributed by atoms with van der Waals surface area (Å²) in [5, 5.41) is 8.20. The molecule has 92 valence electrons. The van der Waals surface area contributed by atoms with Crippen LogP contribution in [0.1, 0.15) is 11.1 Å². The summed E-state index contributed by atoms with van der Waals surface area (Å²) in [7, 11) is 0. The van der Waals surface area contributed by atoms with Crippen molar-refractivity contribution in [2.45, 2.75) is 16.7 Å². The van der Waals surface area contributed by atoms with Gasteiger partial charge in [-0.3, -0.25) is 5.41 Å². The molecule has 0 spiro atoms. The first-order valence-corrected chi connectivity index (χ1v) is 6.65. The Morgan fingerprint density at radius 3 is 2.56 bits per heavy atom. The van der Waals surface area contributed by atoms with E-state index < -0.39 is 0 Å². The van der Waals surface area contributed by atoms with E-state index in [1.54, 1.807) is 11.8 Å². The van der Waals surface area contributed by atoms with E-state index in [0.29, 0.717) is 0 Å². The zero-order valence-corrected chi connectivity index (χ0v) is 11.5. The molecule has 0 aliphatic heterocycles. The van der Waals surface area contributed by atoms with Gasteiger partial charge in [-0.05, 0) is 42.8 Å². The first-order chi connectivity index (χ1) is 8.58. The summed E-state index contributed by atoms with van der Waals surface area (Å²) < 4.78 is 0. The van der Waals surface area contributed by atoms with Crippen LogP contribution in [0.4, 0.5) is 0 Å². The Balaban J connectivity index is 2.29. The van der Waals surface area contributed by atoms with Gasteiger partial charge in [-0.2, -0.15) is 0 Å². The third-order valence-corrected chi connectivity index (χ3v) is 4.06. The van der Waals surface area contributed by atoms with E-state index >= 15 is 0 Å². The molecule has 0 saturated heterocycles.